The van der Waals surface area contributed by atoms with Crippen molar-refractivity contribution in [1.82, 2.24) is 30.3 Å². The number of hydrogen-bond donors (Lipinski definition) is 3. The fourth-order valence-electron chi connectivity index (χ4n) is 7.35. The van der Waals surface area contributed by atoms with Crippen molar-refractivity contribution < 1.29 is 52.8 Å². The predicted octanol–water partition coefficient (Wildman–Crippen LogP) is 2.23. The van der Waals surface area contributed by atoms with Gasteiger partial charge in [-0.15, -0.1) is 0 Å². The van der Waals surface area contributed by atoms with Gasteiger partial charge in [0.25, 0.3) is 11.8 Å². The van der Waals surface area contributed by atoms with E-state index in [1.54, 1.807) is 17.0 Å². The van der Waals surface area contributed by atoms with Crippen molar-refractivity contribution in [3.05, 3.63) is 35.5 Å². The number of hydrogen-bond acceptors (Lipinski definition) is 11. The lowest BCUT2D eigenvalue weighted by Crippen LogP contribution is -2.55. The first kappa shape index (κ1) is 40.6. The van der Waals surface area contributed by atoms with E-state index in [9.17, 15) is 33.9 Å². The number of carbonyl (C=O) groups excluding carboxylic acids is 5. The molecule has 5 amide bonds. The minimum atomic E-state index is -1.17. The van der Waals surface area contributed by atoms with Crippen LogP contribution in [0.15, 0.2) is 24.3 Å². The summed E-state index contributed by atoms with van der Waals surface area (Å²) >= 11 is 0. The maximum absolute atomic E-state index is 14.0. The van der Waals surface area contributed by atoms with E-state index in [2.05, 4.69) is 15.6 Å². The lowest BCUT2D eigenvalue weighted by Gasteiger charge is -2.35. The minimum Gasteiger partial charge on any atom is -0.483 e. The molecule has 3 saturated heterocycles. The van der Waals surface area contributed by atoms with Crippen LogP contribution in [0.1, 0.15) is 74.3 Å². The third-order valence-electron chi connectivity index (χ3n) is 11.2. The number of amides is 5. The van der Waals surface area contributed by atoms with E-state index in [1.165, 1.54) is 15.9 Å². The van der Waals surface area contributed by atoms with E-state index in [1.807, 2.05) is 19.9 Å². The van der Waals surface area contributed by atoms with Crippen molar-refractivity contribution in [2.75, 3.05) is 65.9 Å². The number of aryl methyl sites for hydroxylation is 1. The van der Waals surface area contributed by atoms with Crippen LogP contribution in [0.3, 0.4) is 0 Å². The lowest BCUT2D eigenvalue weighted by molar-refractivity contribution is -0.187. The number of carboxylic acid groups (broad SMARTS) is 1. The summed E-state index contributed by atoms with van der Waals surface area (Å²) in [7, 11) is 0. The molecule has 3 N–H and O–H groups in total. The largest absolute Gasteiger partial charge is 0.483 e. The molecule has 0 unspecified atom stereocenters. The molecule has 0 spiro atoms. The highest BCUT2D eigenvalue weighted by atomic mass is 16.7. The number of pyridine rings is 1. The van der Waals surface area contributed by atoms with Gasteiger partial charge in [-0.25, -0.2) is 9.78 Å². The molecular weight excluding hydrogens is 728 g/mol. The van der Waals surface area contributed by atoms with Crippen molar-refractivity contribution >= 4 is 46.6 Å². The first-order chi connectivity index (χ1) is 26.9. The molecule has 4 aliphatic rings. The van der Waals surface area contributed by atoms with Crippen LogP contribution in [0, 0.1) is 12.3 Å². The second-order valence-electron chi connectivity index (χ2n) is 15.2. The van der Waals surface area contributed by atoms with Crippen LogP contribution in [-0.2, 0) is 33.4 Å². The Kier molecular flexibility index (Phi) is 13.3. The lowest BCUT2D eigenvalue weighted by atomic mass is 9.87. The molecule has 1 saturated carbocycles. The van der Waals surface area contributed by atoms with Crippen LogP contribution < -0.4 is 15.4 Å². The molecule has 4 heterocycles. The smallest absolute Gasteiger partial charge is 0.407 e. The molecule has 0 bridgehead atoms. The van der Waals surface area contributed by atoms with Crippen LogP contribution in [0.5, 0.6) is 5.75 Å². The topological polar surface area (TPSA) is 206 Å². The molecule has 2 aromatic rings. The number of nitrogens with one attached hydrogen (secondary N) is 2. The summed E-state index contributed by atoms with van der Waals surface area (Å²) in [6.45, 7) is 5.32. The molecule has 1 aromatic heterocycles. The van der Waals surface area contributed by atoms with Crippen molar-refractivity contribution in [3.63, 3.8) is 0 Å². The van der Waals surface area contributed by atoms with Gasteiger partial charge in [0.2, 0.25) is 11.8 Å². The number of nitrogens with zero attached hydrogens (tertiary/aromatic N) is 4. The van der Waals surface area contributed by atoms with Gasteiger partial charge in [0.05, 0.1) is 24.1 Å². The highest BCUT2D eigenvalue weighted by Gasteiger charge is 2.37. The normalized spacial score (nSPS) is 20.2. The molecule has 1 aliphatic carbocycles. The number of esters is 1. The summed E-state index contributed by atoms with van der Waals surface area (Å²) in [6, 6.07) is 5.24. The Bertz CT molecular complexity index is 1790. The fraction of sp³-hybridized carbons (Fsp3) is 0.615. The van der Waals surface area contributed by atoms with E-state index in [0.717, 1.165) is 24.8 Å². The van der Waals surface area contributed by atoms with Gasteiger partial charge >= 0.3 is 12.1 Å². The third-order valence-corrected chi connectivity index (χ3v) is 11.2. The molecule has 304 valence electrons. The summed E-state index contributed by atoms with van der Waals surface area (Å²) in [4.78, 5) is 87.5. The molecule has 4 fully saturated rings. The Balaban J connectivity index is 1.16. The molecule has 1 aromatic carbocycles. The van der Waals surface area contributed by atoms with E-state index in [4.69, 9.17) is 18.9 Å². The zero-order valence-electron chi connectivity index (χ0n) is 32.1. The van der Waals surface area contributed by atoms with Gasteiger partial charge in [-0.1, -0.05) is 13.0 Å². The van der Waals surface area contributed by atoms with Gasteiger partial charge in [0.15, 0.2) is 6.61 Å². The van der Waals surface area contributed by atoms with Crippen LogP contribution >= 0.6 is 0 Å². The number of fused-ring (bicyclic) bond motifs is 1. The minimum absolute atomic E-state index is 0.0717. The molecule has 0 radical (unpaired) electrons. The summed E-state index contributed by atoms with van der Waals surface area (Å²) in [5.74, 6) is -2.03. The average molecular weight is 781 g/mol. The summed E-state index contributed by atoms with van der Waals surface area (Å²) in [5.41, 5.74) is 0.732. The van der Waals surface area contributed by atoms with Crippen LogP contribution in [-0.4, -0.2) is 145 Å². The van der Waals surface area contributed by atoms with E-state index in [0.29, 0.717) is 49.9 Å². The second-order valence-corrected chi connectivity index (χ2v) is 15.2. The monoisotopic (exact) mass is 780 g/mol. The molecule has 17 heteroatoms. The van der Waals surface area contributed by atoms with E-state index in [-0.39, 0.29) is 88.3 Å². The Morgan fingerprint density at radius 2 is 1.71 bits per heavy atom. The van der Waals surface area contributed by atoms with Crippen molar-refractivity contribution in [2.45, 2.75) is 83.3 Å². The Morgan fingerprint density at radius 3 is 2.39 bits per heavy atom. The van der Waals surface area contributed by atoms with Crippen molar-refractivity contribution in [1.29, 1.82) is 0 Å². The Hall–Kier alpha value is -5.03. The average Bonchev–Trinajstić information content (AvgIpc) is 3.69. The maximum atomic E-state index is 14.0. The summed E-state index contributed by atoms with van der Waals surface area (Å²) in [5, 5.41) is 15.8. The highest BCUT2D eigenvalue weighted by molar-refractivity contribution is 5.99. The Morgan fingerprint density at radius 1 is 0.982 bits per heavy atom. The summed E-state index contributed by atoms with van der Waals surface area (Å²) in [6.07, 6.45) is 3.53. The van der Waals surface area contributed by atoms with Crippen LogP contribution in [0.2, 0.25) is 0 Å². The first-order valence-corrected chi connectivity index (χ1v) is 19.5. The van der Waals surface area contributed by atoms with Gasteiger partial charge in [0.1, 0.15) is 36.9 Å². The van der Waals surface area contributed by atoms with Gasteiger partial charge in [-0.05, 0) is 69.6 Å². The second kappa shape index (κ2) is 18.3. The molecular formula is C39H52N6O11. The number of rotatable bonds is 14. The molecule has 3 aliphatic heterocycles. The van der Waals surface area contributed by atoms with Gasteiger partial charge in [0, 0.05) is 56.6 Å². The highest BCUT2D eigenvalue weighted by Crippen LogP contribution is 2.29. The zero-order valence-corrected chi connectivity index (χ0v) is 32.1. The van der Waals surface area contributed by atoms with Crippen molar-refractivity contribution in [2.24, 2.45) is 5.41 Å². The molecule has 2 atom stereocenters. The number of aromatic nitrogens is 1. The first-order valence-electron chi connectivity index (χ1n) is 19.5. The third kappa shape index (κ3) is 9.85. The molecule has 17 nitrogen and oxygen atoms in total. The maximum Gasteiger partial charge on any atom is 0.407 e. The quantitative estimate of drug-likeness (QED) is 0.236. The van der Waals surface area contributed by atoms with Crippen LogP contribution in [0.25, 0.3) is 10.9 Å². The summed E-state index contributed by atoms with van der Waals surface area (Å²) < 4.78 is 22.5. The van der Waals surface area contributed by atoms with Gasteiger partial charge in [-0.3, -0.25) is 24.0 Å². The standard InChI is InChI=1S/C39H52N6O11/c1-3-39(21-53-24-54-22-39)23-56-34(47)12-11-28(37(50)43-14-16-44(17-15-43)38(51)52)42-35(48)30-19-32(27-10-9-25(2)18-29(27)41-30)55-20-33(46)45-13-5-8-31(45)36(49)40-26-6-4-7-26/h9-10,18-19,26,28,31H,3-8,11-17,20-24H2,1-2H3,(H,40,49)(H,42,48)(H,51,52)/t28-,31-/m0/s1. The van der Waals surface area contributed by atoms with E-state index < -0.39 is 41.4 Å². The SMILES string of the molecule is CCC1(COC(=O)CC[C@H](NC(=O)c2cc(OCC(=O)N3CCC[C@H]3C(=O)NC3CCC3)c3ccc(C)cc3n2)C(=O)N2CCN(C(=O)O)CC2)COCOC1. The van der Waals surface area contributed by atoms with Crippen LogP contribution in [0.4, 0.5) is 4.79 Å². The fourth-order valence-corrected chi connectivity index (χ4v) is 7.35. The number of benzene rings is 1. The number of piperazine rings is 1. The van der Waals surface area contributed by atoms with Gasteiger partial charge in [-0.2, -0.15) is 0 Å². The Labute approximate surface area is 325 Å². The van der Waals surface area contributed by atoms with Crippen molar-refractivity contribution in [3.8, 4) is 5.75 Å². The number of likely N-dealkylation sites (tertiary alicyclic amines) is 1. The number of ether oxygens (including phenoxy) is 4. The van der Waals surface area contributed by atoms with E-state index >= 15 is 0 Å². The zero-order chi connectivity index (χ0) is 39.8. The predicted molar refractivity (Wildman–Crippen MR) is 200 cm³/mol. The van der Waals surface area contributed by atoms with Gasteiger partial charge < -0.3 is 49.4 Å². The number of carbonyl (C=O) groups is 6. The molecule has 6 rings (SSSR count). The molecule has 56 heavy (non-hydrogen) atoms.